The normalized spacial score (nSPS) is 13.2. The summed E-state index contributed by atoms with van der Waals surface area (Å²) in [6.07, 6.45) is 0. The summed E-state index contributed by atoms with van der Waals surface area (Å²) in [5.74, 6) is 1.03. The van der Waals surface area contributed by atoms with Crippen molar-refractivity contribution >= 4 is 34.0 Å². The first-order valence-electron chi connectivity index (χ1n) is 6.88. The Labute approximate surface area is 132 Å². The van der Waals surface area contributed by atoms with E-state index in [4.69, 9.17) is 11.6 Å². The molecule has 0 fully saturated rings. The molecule has 1 atom stereocenters. The minimum Gasteiger partial charge on any atom is -0.318 e. The van der Waals surface area contributed by atoms with Crippen LogP contribution in [0.4, 0.5) is 4.39 Å². The van der Waals surface area contributed by atoms with Gasteiger partial charge in [0.05, 0.1) is 17.4 Å². The molecule has 3 aromatic rings. The highest BCUT2D eigenvalue weighted by atomic mass is 35.5. The van der Waals surface area contributed by atoms with Crippen LogP contribution in [-0.4, -0.2) is 9.55 Å². The Bertz CT molecular complexity index is 749. The second-order valence-electron chi connectivity index (χ2n) is 5.34. The van der Waals surface area contributed by atoms with Gasteiger partial charge >= 0.3 is 0 Å². The van der Waals surface area contributed by atoms with Gasteiger partial charge in [0.1, 0.15) is 11.3 Å². The van der Waals surface area contributed by atoms with Crippen molar-refractivity contribution in [1.82, 2.24) is 9.55 Å². The second kappa shape index (κ2) is 5.78. The molecule has 21 heavy (non-hydrogen) atoms. The predicted octanol–water partition coefficient (Wildman–Crippen LogP) is 5.22. The molecule has 5 heteroatoms. The van der Waals surface area contributed by atoms with Crippen molar-refractivity contribution in [2.45, 2.75) is 25.8 Å². The van der Waals surface area contributed by atoms with Crippen LogP contribution >= 0.6 is 22.9 Å². The predicted molar refractivity (Wildman–Crippen MR) is 86.5 cm³/mol. The number of nitrogens with zero attached hydrogens (tertiary/aromatic N) is 2. The van der Waals surface area contributed by atoms with Gasteiger partial charge in [-0.25, -0.2) is 9.37 Å². The highest BCUT2D eigenvalue weighted by Gasteiger charge is 2.25. The molecular formula is C16H16ClFN2S. The number of halogens is 2. The van der Waals surface area contributed by atoms with Gasteiger partial charge in [0.25, 0.3) is 0 Å². The van der Waals surface area contributed by atoms with Crippen molar-refractivity contribution in [3.63, 3.8) is 0 Å². The largest absolute Gasteiger partial charge is 0.318 e. The maximum Gasteiger partial charge on any atom is 0.151 e. The number of imidazole rings is 1. The lowest BCUT2D eigenvalue weighted by Gasteiger charge is -2.24. The molecule has 0 aliphatic heterocycles. The van der Waals surface area contributed by atoms with Crippen LogP contribution in [0.1, 0.15) is 30.6 Å². The van der Waals surface area contributed by atoms with Gasteiger partial charge in [0.15, 0.2) is 5.82 Å². The van der Waals surface area contributed by atoms with E-state index >= 15 is 0 Å². The summed E-state index contributed by atoms with van der Waals surface area (Å²) in [6, 6.07) is 9.33. The van der Waals surface area contributed by atoms with Gasteiger partial charge in [0, 0.05) is 4.88 Å². The Morgan fingerprint density at radius 1 is 1.29 bits per heavy atom. The van der Waals surface area contributed by atoms with Gasteiger partial charge in [-0.3, -0.25) is 0 Å². The van der Waals surface area contributed by atoms with Crippen LogP contribution in [0.2, 0.25) is 0 Å². The molecule has 2 aromatic heterocycles. The fourth-order valence-electron chi connectivity index (χ4n) is 2.75. The fourth-order valence-corrected chi connectivity index (χ4v) is 3.93. The van der Waals surface area contributed by atoms with Gasteiger partial charge in [0.2, 0.25) is 0 Å². The second-order valence-corrected chi connectivity index (χ2v) is 6.59. The number of aromatic nitrogens is 2. The van der Waals surface area contributed by atoms with E-state index in [0.29, 0.717) is 17.3 Å². The van der Waals surface area contributed by atoms with Gasteiger partial charge in [-0.05, 0) is 29.5 Å². The van der Waals surface area contributed by atoms with E-state index in [1.807, 2.05) is 12.1 Å². The van der Waals surface area contributed by atoms with E-state index in [-0.39, 0.29) is 17.7 Å². The van der Waals surface area contributed by atoms with Crippen molar-refractivity contribution in [3.8, 4) is 0 Å². The monoisotopic (exact) mass is 322 g/mol. The molecule has 2 nitrogen and oxygen atoms in total. The Morgan fingerprint density at radius 2 is 2.10 bits per heavy atom. The van der Waals surface area contributed by atoms with E-state index in [2.05, 4.69) is 34.8 Å². The van der Waals surface area contributed by atoms with Crippen molar-refractivity contribution in [3.05, 3.63) is 52.2 Å². The number of rotatable bonds is 4. The van der Waals surface area contributed by atoms with Crippen LogP contribution in [0.25, 0.3) is 11.0 Å². The quantitative estimate of drug-likeness (QED) is 0.602. The Kier molecular flexibility index (Phi) is 4.00. The molecule has 1 aromatic carbocycles. The average molecular weight is 323 g/mol. The molecule has 0 amide bonds. The van der Waals surface area contributed by atoms with Crippen LogP contribution in [0.5, 0.6) is 0 Å². The summed E-state index contributed by atoms with van der Waals surface area (Å²) in [5.41, 5.74) is 1.20. The molecule has 0 saturated carbocycles. The molecule has 0 spiro atoms. The average Bonchev–Trinajstić information content (AvgIpc) is 3.08. The lowest BCUT2D eigenvalue weighted by molar-refractivity contribution is 0.444. The van der Waals surface area contributed by atoms with E-state index in [0.717, 1.165) is 5.52 Å². The molecule has 1 unspecified atom stereocenters. The molecule has 0 radical (unpaired) electrons. The van der Waals surface area contributed by atoms with E-state index in [9.17, 15) is 4.39 Å². The molecule has 0 N–H and O–H groups in total. The van der Waals surface area contributed by atoms with Crippen LogP contribution in [0, 0.1) is 11.7 Å². The standard InChI is InChI=1S/C16H16ClFN2S/c1-10(2)16(13-7-4-8-21-13)20-12-6-3-5-11(18)15(12)19-14(20)9-17/h3-8,10,16H,9H2,1-2H3. The highest BCUT2D eigenvalue weighted by molar-refractivity contribution is 7.10. The highest BCUT2D eigenvalue weighted by Crippen LogP contribution is 2.35. The zero-order chi connectivity index (χ0) is 15.0. The van der Waals surface area contributed by atoms with Crippen LogP contribution in [-0.2, 0) is 5.88 Å². The van der Waals surface area contributed by atoms with E-state index in [1.165, 1.54) is 10.9 Å². The van der Waals surface area contributed by atoms with Crippen LogP contribution < -0.4 is 0 Å². The number of benzene rings is 1. The maximum atomic E-state index is 14.0. The number of fused-ring (bicyclic) bond motifs is 1. The Hall–Kier alpha value is -1.39. The lowest BCUT2D eigenvalue weighted by Crippen LogP contribution is -2.17. The third-order valence-corrected chi connectivity index (χ3v) is 4.79. The smallest absolute Gasteiger partial charge is 0.151 e. The first kappa shape index (κ1) is 14.5. The van der Waals surface area contributed by atoms with Crippen molar-refractivity contribution in [1.29, 1.82) is 0 Å². The summed E-state index contributed by atoms with van der Waals surface area (Å²) in [4.78, 5) is 5.64. The van der Waals surface area contributed by atoms with Crippen molar-refractivity contribution < 1.29 is 4.39 Å². The summed E-state index contributed by atoms with van der Waals surface area (Å²) in [5, 5.41) is 2.06. The van der Waals surface area contributed by atoms with Gasteiger partial charge < -0.3 is 4.57 Å². The molecule has 110 valence electrons. The molecule has 0 saturated heterocycles. The first-order chi connectivity index (χ1) is 10.1. The lowest BCUT2D eigenvalue weighted by atomic mass is 10.0. The van der Waals surface area contributed by atoms with Gasteiger partial charge in [-0.2, -0.15) is 0 Å². The van der Waals surface area contributed by atoms with E-state index in [1.54, 1.807) is 17.4 Å². The zero-order valence-corrected chi connectivity index (χ0v) is 13.5. The third kappa shape index (κ3) is 2.47. The first-order valence-corrected chi connectivity index (χ1v) is 8.29. The number of alkyl halides is 1. The fraction of sp³-hybridized carbons (Fsp3) is 0.312. The molecule has 3 rings (SSSR count). The number of thiophene rings is 1. The molecule has 2 heterocycles. The Morgan fingerprint density at radius 3 is 2.71 bits per heavy atom. The number of para-hydroxylation sites is 1. The summed E-state index contributed by atoms with van der Waals surface area (Å²) < 4.78 is 16.1. The molecular weight excluding hydrogens is 307 g/mol. The number of hydrogen-bond acceptors (Lipinski definition) is 2. The number of hydrogen-bond donors (Lipinski definition) is 0. The third-order valence-electron chi connectivity index (χ3n) is 3.61. The van der Waals surface area contributed by atoms with Crippen molar-refractivity contribution in [2.24, 2.45) is 5.92 Å². The van der Waals surface area contributed by atoms with Gasteiger partial charge in [-0.1, -0.05) is 26.0 Å². The van der Waals surface area contributed by atoms with Gasteiger partial charge in [-0.15, -0.1) is 22.9 Å². The SMILES string of the molecule is CC(C)C(c1cccs1)n1c(CCl)nc2c(F)cccc21. The summed E-state index contributed by atoms with van der Waals surface area (Å²) in [7, 11) is 0. The van der Waals surface area contributed by atoms with Crippen LogP contribution in [0.3, 0.4) is 0 Å². The van der Waals surface area contributed by atoms with Crippen molar-refractivity contribution in [2.75, 3.05) is 0 Å². The topological polar surface area (TPSA) is 17.8 Å². The minimum atomic E-state index is -0.300. The summed E-state index contributed by atoms with van der Waals surface area (Å²) >= 11 is 7.77. The van der Waals surface area contributed by atoms with E-state index < -0.39 is 0 Å². The Balaban J connectivity index is 2.29. The zero-order valence-electron chi connectivity index (χ0n) is 11.9. The molecule has 0 aliphatic rings. The molecule has 0 bridgehead atoms. The van der Waals surface area contributed by atoms with Crippen LogP contribution in [0.15, 0.2) is 35.7 Å². The summed E-state index contributed by atoms with van der Waals surface area (Å²) in [6.45, 7) is 4.32. The minimum absolute atomic E-state index is 0.116. The molecule has 0 aliphatic carbocycles. The maximum absolute atomic E-state index is 14.0.